The number of alkyl halides is 2. The second kappa shape index (κ2) is 11.3. The molecule has 260 valence electrons. The predicted octanol–water partition coefficient (Wildman–Crippen LogP) is 7.89. The molecule has 4 aliphatic heterocycles. The number of benzene rings is 2. The van der Waals surface area contributed by atoms with Gasteiger partial charge in [0.05, 0.1) is 32.8 Å². The lowest BCUT2D eigenvalue weighted by Gasteiger charge is -2.32. The van der Waals surface area contributed by atoms with Crippen molar-refractivity contribution in [1.29, 1.82) is 5.26 Å². The highest BCUT2D eigenvalue weighted by Crippen LogP contribution is 2.53. The Kier molecular flexibility index (Phi) is 7.26. The quantitative estimate of drug-likeness (QED) is 0.164. The van der Waals surface area contributed by atoms with E-state index >= 15 is 8.78 Å². The fourth-order valence-electron chi connectivity index (χ4n) is 8.67. The third kappa shape index (κ3) is 4.85. The van der Waals surface area contributed by atoms with Crippen LogP contribution in [0, 0.1) is 28.9 Å². The summed E-state index contributed by atoms with van der Waals surface area (Å²) in [7, 11) is 0. The number of thiophene rings is 1. The molecule has 1 aliphatic carbocycles. The first-order chi connectivity index (χ1) is 24.0. The lowest BCUT2D eigenvalue weighted by Crippen LogP contribution is -2.43. The van der Waals surface area contributed by atoms with Gasteiger partial charge in [0.25, 0.3) is 0 Å². The van der Waals surface area contributed by atoms with E-state index in [1.807, 2.05) is 12.1 Å². The number of aromatic nitrogens is 2. The SMILES string of the molecule is CC1(F)CC1/C=C1/CC2CCOc3c(Cl)c(-c4ccc(F)c5sc(N)c(C#N)c45)c(F)c4nc(OCC56CCCN5C[C@H](F)C6)nc(c34)N2C1. The monoisotopic (exact) mass is 724 g/mol. The molecule has 6 heterocycles. The van der Waals surface area contributed by atoms with Crippen molar-refractivity contribution in [3.05, 3.63) is 46.0 Å². The summed E-state index contributed by atoms with van der Waals surface area (Å²) in [6, 6.07) is 4.46. The second-order valence-corrected chi connectivity index (χ2v) is 16.0. The highest BCUT2D eigenvalue weighted by molar-refractivity contribution is 7.23. The number of halogens is 5. The minimum absolute atomic E-state index is 0.0217. The van der Waals surface area contributed by atoms with Crippen LogP contribution < -0.4 is 20.1 Å². The van der Waals surface area contributed by atoms with Gasteiger partial charge in [0.1, 0.15) is 46.7 Å². The second-order valence-electron chi connectivity index (χ2n) is 14.5. The Morgan fingerprint density at radius 1 is 1.26 bits per heavy atom. The molecule has 50 heavy (non-hydrogen) atoms. The first-order valence-electron chi connectivity index (χ1n) is 16.9. The van der Waals surface area contributed by atoms with Crippen LogP contribution in [0.4, 0.5) is 28.4 Å². The van der Waals surface area contributed by atoms with Gasteiger partial charge >= 0.3 is 6.01 Å². The fourth-order valence-corrected chi connectivity index (χ4v) is 9.96. The Labute approximate surface area is 294 Å². The van der Waals surface area contributed by atoms with Crippen molar-refractivity contribution in [2.45, 2.75) is 68.9 Å². The highest BCUT2D eigenvalue weighted by Gasteiger charge is 2.51. The summed E-state index contributed by atoms with van der Waals surface area (Å²) in [5.74, 6) is -1.05. The van der Waals surface area contributed by atoms with Crippen LogP contribution in [-0.4, -0.2) is 71.1 Å². The van der Waals surface area contributed by atoms with Gasteiger partial charge in [-0.05, 0) is 50.8 Å². The van der Waals surface area contributed by atoms with Gasteiger partial charge < -0.3 is 20.1 Å². The third-order valence-corrected chi connectivity index (χ3v) is 12.7. The molecule has 9 rings (SSSR count). The molecule has 2 aromatic carbocycles. The van der Waals surface area contributed by atoms with Crippen molar-refractivity contribution in [3.8, 4) is 29.0 Å². The number of ether oxygens (including phenoxy) is 2. The van der Waals surface area contributed by atoms with Crippen LogP contribution in [0.2, 0.25) is 5.02 Å². The molecule has 0 amide bonds. The van der Waals surface area contributed by atoms with Gasteiger partial charge in [0.2, 0.25) is 0 Å². The first kappa shape index (κ1) is 32.1. The van der Waals surface area contributed by atoms with Gasteiger partial charge in [-0.3, -0.25) is 4.90 Å². The van der Waals surface area contributed by atoms with Crippen LogP contribution in [0.15, 0.2) is 23.8 Å². The molecule has 14 heteroatoms. The average molecular weight is 725 g/mol. The van der Waals surface area contributed by atoms with Crippen LogP contribution in [-0.2, 0) is 0 Å². The van der Waals surface area contributed by atoms with E-state index in [1.165, 1.54) is 12.1 Å². The summed E-state index contributed by atoms with van der Waals surface area (Å²) in [5.41, 5.74) is 5.42. The van der Waals surface area contributed by atoms with E-state index in [4.69, 9.17) is 31.8 Å². The molecule has 4 aromatic rings. The molecule has 3 saturated heterocycles. The van der Waals surface area contributed by atoms with E-state index in [0.29, 0.717) is 44.6 Å². The number of nitrogens with two attached hydrogens (primary N) is 1. The van der Waals surface area contributed by atoms with E-state index in [2.05, 4.69) is 14.8 Å². The zero-order valence-corrected chi connectivity index (χ0v) is 28.7. The molecule has 0 bridgehead atoms. The lowest BCUT2D eigenvalue weighted by molar-refractivity contribution is 0.107. The molecular formula is C36H33ClF4N6O2S. The number of nitrogens with zero attached hydrogens (tertiary/aromatic N) is 5. The first-order valence-corrected chi connectivity index (χ1v) is 18.1. The number of nitrogen functional groups attached to an aromatic ring is 1. The summed E-state index contributed by atoms with van der Waals surface area (Å²) in [5, 5.41) is 10.4. The van der Waals surface area contributed by atoms with Crippen molar-refractivity contribution in [2.24, 2.45) is 5.92 Å². The number of hydrogen-bond acceptors (Lipinski definition) is 9. The van der Waals surface area contributed by atoms with Crippen molar-refractivity contribution < 1.29 is 27.0 Å². The van der Waals surface area contributed by atoms with Crippen molar-refractivity contribution in [2.75, 3.05) is 43.5 Å². The van der Waals surface area contributed by atoms with E-state index in [-0.39, 0.29) is 84.6 Å². The number of fused-ring (bicyclic) bond motifs is 4. The zero-order chi connectivity index (χ0) is 34.7. The van der Waals surface area contributed by atoms with Gasteiger partial charge in [0.15, 0.2) is 11.6 Å². The van der Waals surface area contributed by atoms with Crippen LogP contribution in [0.5, 0.6) is 11.8 Å². The van der Waals surface area contributed by atoms with E-state index < -0.39 is 29.0 Å². The Morgan fingerprint density at radius 2 is 2.08 bits per heavy atom. The predicted molar refractivity (Wildman–Crippen MR) is 185 cm³/mol. The molecule has 5 atom stereocenters. The number of nitriles is 1. The number of anilines is 2. The topological polar surface area (TPSA) is 101 Å². The normalized spacial score (nSPS) is 29.6. The lowest BCUT2D eigenvalue weighted by atomic mass is 9.95. The molecule has 4 unspecified atom stereocenters. The zero-order valence-electron chi connectivity index (χ0n) is 27.2. The van der Waals surface area contributed by atoms with Crippen molar-refractivity contribution in [1.82, 2.24) is 14.9 Å². The molecule has 8 nitrogen and oxygen atoms in total. The van der Waals surface area contributed by atoms with E-state index in [1.54, 1.807) is 6.92 Å². The maximum atomic E-state index is 17.3. The van der Waals surface area contributed by atoms with Crippen LogP contribution in [0.1, 0.15) is 51.0 Å². The Balaban J connectivity index is 1.24. The van der Waals surface area contributed by atoms with Gasteiger partial charge in [0, 0.05) is 48.8 Å². The molecule has 4 fully saturated rings. The third-order valence-electron chi connectivity index (χ3n) is 11.3. The molecule has 5 aliphatic rings. The fraction of sp³-hybridized carbons (Fsp3) is 0.472. The summed E-state index contributed by atoms with van der Waals surface area (Å²) in [6.07, 6.45) is 4.80. The molecule has 2 aromatic heterocycles. The Bertz CT molecular complexity index is 2190. The van der Waals surface area contributed by atoms with E-state index in [0.717, 1.165) is 36.3 Å². The average Bonchev–Trinajstić information content (AvgIpc) is 3.52. The maximum Gasteiger partial charge on any atom is 0.319 e. The highest BCUT2D eigenvalue weighted by atomic mass is 35.5. The maximum absolute atomic E-state index is 17.3. The van der Waals surface area contributed by atoms with Crippen LogP contribution in [0.3, 0.4) is 0 Å². The number of allylic oxidation sites excluding steroid dienone is 1. The molecule has 1 saturated carbocycles. The Morgan fingerprint density at radius 3 is 2.86 bits per heavy atom. The standard InChI is InChI=1S/C36H33ClF4N6O2S/c1-35(41)11-18(35)9-17-10-20-5-8-48-30-26-29(28(40)25(27(30)37)21-3-4-23(39)31-24(21)22(13-42)32(43)50-31)44-34(45-33(26)47(20)14-17)49-16-36-6-2-7-46(36)15-19(38)12-36/h3-4,9,18-20H,2,5-8,10-12,14-16,43H2,1H3/b17-9-/t18?,19-,20?,35?,36?/m1/s1. The van der Waals surface area contributed by atoms with Crippen LogP contribution in [0.25, 0.3) is 32.1 Å². The smallest absolute Gasteiger partial charge is 0.319 e. The van der Waals surface area contributed by atoms with Crippen molar-refractivity contribution >= 4 is 54.7 Å². The minimum Gasteiger partial charge on any atom is -0.491 e. The minimum atomic E-state index is -1.22. The van der Waals surface area contributed by atoms with E-state index in [9.17, 15) is 14.0 Å². The summed E-state index contributed by atoms with van der Waals surface area (Å²) >= 11 is 7.98. The number of rotatable bonds is 5. The number of hydrogen-bond donors (Lipinski definition) is 1. The molecular weight excluding hydrogens is 692 g/mol. The summed E-state index contributed by atoms with van der Waals surface area (Å²) in [4.78, 5) is 13.7. The molecule has 2 N–H and O–H groups in total. The Hall–Kier alpha value is -3.86. The summed E-state index contributed by atoms with van der Waals surface area (Å²) in [6.45, 7) is 3.55. The molecule has 0 radical (unpaired) electrons. The summed E-state index contributed by atoms with van der Waals surface area (Å²) < 4.78 is 74.2. The van der Waals surface area contributed by atoms with Crippen molar-refractivity contribution in [3.63, 3.8) is 0 Å². The van der Waals surface area contributed by atoms with Gasteiger partial charge in [-0.15, -0.1) is 11.3 Å². The molecule has 0 spiro atoms. The van der Waals surface area contributed by atoms with Gasteiger partial charge in [-0.1, -0.05) is 29.3 Å². The largest absolute Gasteiger partial charge is 0.491 e. The van der Waals surface area contributed by atoms with Gasteiger partial charge in [-0.2, -0.15) is 15.2 Å². The van der Waals surface area contributed by atoms with Crippen LogP contribution >= 0.6 is 22.9 Å². The van der Waals surface area contributed by atoms with Gasteiger partial charge in [-0.25, -0.2) is 17.6 Å².